The highest BCUT2D eigenvalue weighted by Gasteiger charge is 2.16. The first-order valence-corrected chi connectivity index (χ1v) is 9.42. The molecular formula is C19H21N3O4S. The van der Waals surface area contributed by atoms with E-state index in [4.69, 9.17) is 9.15 Å². The number of rotatable bonds is 8. The van der Waals surface area contributed by atoms with Crippen LogP contribution in [0.4, 0.5) is 0 Å². The van der Waals surface area contributed by atoms with E-state index in [2.05, 4.69) is 10.2 Å². The van der Waals surface area contributed by atoms with Crippen LogP contribution in [0.5, 0.6) is 5.75 Å². The molecule has 8 heteroatoms. The number of benzene rings is 1. The Morgan fingerprint density at radius 2 is 2.19 bits per heavy atom. The van der Waals surface area contributed by atoms with Gasteiger partial charge in [0.25, 0.3) is 0 Å². The summed E-state index contributed by atoms with van der Waals surface area (Å²) in [7, 11) is 1.88. The van der Waals surface area contributed by atoms with Gasteiger partial charge in [0, 0.05) is 18.4 Å². The first-order valence-electron chi connectivity index (χ1n) is 8.44. The van der Waals surface area contributed by atoms with E-state index < -0.39 is 6.10 Å². The number of hydrogen-bond donors (Lipinski definition) is 1. The zero-order chi connectivity index (χ0) is 19.4. The molecule has 0 aliphatic heterocycles. The van der Waals surface area contributed by atoms with Gasteiger partial charge in [0.05, 0.1) is 17.9 Å². The Hall–Kier alpha value is -2.58. The van der Waals surface area contributed by atoms with Gasteiger partial charge in [0.15, 0.2) is 16.8 Å². The Labute approximate surface area is 161 Å². The number of thioether (sulfide) groups is 1. The zero-order valence-electron chi connectivity index (χ0n) is 15.4. The van der Waals surface area contributed by atoms with Crippen molar-refractivity contribution < 1.29 is 19.1 Å². The molecule has 1 aromatic carbocycles. The van der Waals surface area contributed by atoms with Gasteiger partial charge in [0.1, 0.15) is 18.1 Å². The van der Waals surface area contributed by atoms with Crippen LogP contribution in [0.2, 0.25) is 0 Å². The van der Waals surface area contributed by atoms with Crippen molar-refractivity contribution in [1.82, 2.24) is 14.8 Å². The number of aryl methyl sites for hydroxylation is 1. The highest BCUT2D eigenvalue weighted by Crippen LogP contribution is 2.26. The number of aliphatic hydroxyl groups excluding tert-OH is 1. The molecule has 0 aliphatic carbocycles. The minimum absolute atomic E-state index is 0.0255. The summed E-state index contributed by atoms with van der Waals surface area (Å²) in [5, 5.41) is 19.3. The largest absolute Gasteiger partial charge is 0.491 e. The van der Waals surface area contributed by atoms with Crippen LogP contribution < -0.4 is 4.74 Å². The number of carbonyl (C=O) groups is 1. The normalized spacial score (nSPS) is 12.1. The minimum atomic E-state index is -0.688. The van der Waals surface area contributed by atoms with Gasteiger partial charge in [-0.25, -0.2) is 0 Å². The van der Waals surface area contributed by atoms with Gasteiger partial charge in [-0.3, -0.25) is 4.79 Å². The quantitative estimate of drug-likeness (QED) is 0.469. The molecule has 0 spiro atoms. The number of ketones is 1. The van der Waals surface area contributed by atoms with Crippen LogP contribution in [-0.2, 0) is 7.05 Å². The van der Waals surface area contributed by atoms with E-state index in [0.717, 1.165) is 17.1 Å². The van der Waals surface area contributed by atoms with Crippen molar-refractivity contribution >= 4 is 17.5 Å². The lowest BCUT2D eigenvalue weighted by molar-refractivity contribution is 0.101. The summed E-state index contributed by atoms with van der Waals surface area (Å²) in [6.45, 7) is 3.50. The van der Waals surface area contributed by atoms with E-state index in [1.54, 1.807) is 30.5 Å². The molecule has 0 fully saturated rings. The average Bonchev–Trinajstić information content (AvgIpc) is 3.23. The molecule has 7 nitrogen and oxygen atoms in total. The molecular weight excluding hydrogens is 366 g/mol. The van der Waals surface area contributed by atoms with Crippen molar-refractivity contribution in [2.45, 2.75) is 25.1 Å². The molecule has 0 unspecified atom stereocenters. The lowest BCUT2D eigenvalue weighted by Crippen LogP contribution is -2.20. The first-order chi connectivity index (χ1) is 13.0. The van der Waals surface area contributed by atoms with Crippen LogP contribution in [0, 0.1) is 6.92 Å². The van der Waals surface area contributed by atoms with E-state index in [0.29, 0.717) is 22.2 Å². The second-order valence-electron chi connectivity index (χ2n) is 6.12. The van der Waals surface area contributed by atoms with Crippen LogP contribution in [0.3, 0.4) is 0 Å². The summed E-state index contributed by atoms with van der Waals surface area (Å²) in [5.74, 6) is 2.44. The molecule has 0 saturated carbocycles. The third-order valence-electron chi connectivity index (χ3n) is 4.02. The molecule has 0 bridgehead atoms. The Bertz CT molecular complexity index is 935. The lowest BCUT2D eigenvalue weighted by Gasteiger charge is -2.12. The van der Waals surface area contributed by atoms with Gasteiger partial charge in [0.2, 0.25) is 0 Å². The number of aliphatic hydroxyl groups is 1. The minimum Gasteiger partial charge on any atom is -0.491 e. The highest BCUT2D eigenvalue weighted by molar-refractivity contribution is 7.99. The predicted octanol–water partition coefficient (Wildman–Crippen LogP) is 3.12. The van der Waals surface area contributed by atoms with Crippen LogP contribution in [-0.4, -0.2) is 44.1 Å². The fraction of sp³-hybridized carbons (Fsp3) is 0.316. The van der Waals surface area contributed by atoms with Crippen molar-refractivity contribution in [3.63, 3.8) is 0 Å². The number of ether oxygens (including phenoxy) is 1. The standard InChI is InChI=1S/C19H21N3O4S/c1-12(23)14-5-4-6-16(9-14)26-10-15(24)11-27-19-21-20-18(22(19)3)17-7-8-25-13(17)2/h4-9,15,24H,10-11H2,1-3H3/t15-/m0/s1. The SMILES string of the molecule is CC(=O)c1cccc(OC[C@H](O)CSc2nnc(-c3ccoc3C)n2C)c1. The average molecular weight is 387 g/mol. The number of carbonyl (C=O) groups excluding carboxylic acids is 1. The van der Waals surface area contributed by atoms with E-state index in [1.165, 1.54) is 18.7 Å². The van der Waals surface area contributed by atoms with Crippen molar-refractivity contribution in [2.24, 2.45) is 7.05 Å². The summed E-state index contributed by atoms with van der Waals surface area (Å²) in [6, 6.07) is 8.77. The van der Waals surface area contributed by atoms with Crippen LogP contribution in [0.25, 0.3) is 11.4 Å². The third kappa shape index (κ3) is 4.58. The van der Waals surface area contributed by atoms with Crippen molar-refractivity contribution in [1.29, 1.82) is 0 Å². The van der Waals surface area contributed by atoms with Gasteiger partial charge in [-0.2, -0.15) is 0 Å². The smallest absolute Gasteiger partial charge is 0.191 e. The molecule has 0 amide bonds. The molecule has 1 N–H and O–H groups in total. The molecule has 0 aliphatic rings. The van der Waals surface area contributed by atoms with Crippen molar-refractivity contribution in [3.8, 4) is 17.1 Å². The number of aromatic nitrogens is 3. The first kappa shape index (κ1) is 19.2. The van der Waals surface area contributed by atoms with Crippen LogP contribution in [0.1, 0.15) is 23.0 Å². The summed E-state index contributed by atoms with van der Waals surface area (Å²) < 4.78 is 12.8. The maximum absolute atomic E-state index is 11.4. The second-order valence-corrected chi connectivity index (χ2v) is 7.10. The van der Waals surface area contributed by atoms with E-state index >= 15 is 0 Å². The van der Waals surface area contributed by atoms with Gasteiger partial charge >= 0.3 is 0 Å². The maximum Gasteiger partial charge on any atom is 0.191 e. The van der Waals surface area contributed by atoms with E-state index in [1.807, 2.05) is 24.6 Å². The Morgan fingerprint density at radius 3 is 2.89 bits per heavy atom. The van der Waals surface area contributed by atoms with Gasteiger partial charge in [-0.1, -0.05) is 23.9 Å². The van der Waals surface area contributed by atoms with E-state index in [-0.39, 0.29) is 12.4 Å². The predicted molar refractivity (Wildman–Crippen MR) is 102 cm³/mol. The molecule has 0 saturated heterocycles. The Kier molecular flexibility index (Phi) is 5.98. The summed E-state index contributed by atoms with van der Waals surface area (Å²) in [6.07, 6.45) is 0.931. The monoisotopic (exact) mass is 387 g/mol. The molecule has 27 heavy (non-hydrogen) atoms. The third-order valence-corrected chi connectivity index (χ3v) is 5.19. The summed E-state index contributed by atoms with van der Waals surface area (Å²) in [4.78, 5) is 11.4. The zero-order valence-corrected chi connectivity index (χ0v) is 16.2. The van der Waals surface area contributed by atoms with Crippen LogP contribution in [0.15, 0.2) is 46.2 Å². The number of hydrogen-bond acceptors (Lipinski definition) is 7. The van der Waals surface area contributed by atoms with Gasteiger partial charge in [-0.15, -0.1) is 10.2 Å². The molecule has 2 heterocycles. The lowest BCUT2D eigenvalue weighted by atomic mass is 10.1. The topological polar surface area (TPSA) is 90.4 Å². The summed E-state index contributed by atoms with van der Waals surface area (Å²) >= 11 is 1.40. The van der Waals surface area contributed by atoms with Crippen molar-refractivity contribution in [2.75, 3.05) is 12.4 Å². The maximum atomic E-state index is 11.4. The molecule has 3 rings (SSSR count). The van der Waals surface area contributed by atoms with Crippen LogP contribution >= 0.6 is 11.8 Å². The number of Topliss-reactive ketones (excluding diaryl/α,β-unsaturated/α-hetero) is 1. The fourth-order valence-corrected chi connectivity index (χ4v) is 3.32. The van der Waals surface area contributed by atoms with Crippen molar-refractivity contribution in [3.05, 3.63) is 47.9 Å². The second kappa shape index (κ2) is 8.41. The number of furan rings is 1. The number of nitrogens with zero attached hydrogens (tertiary/aromatic N) is 3. The Morgan fingerprint density at radius 1 is 1.37 bits per heavy atom. The molecule has 1 atom stereocenters. The summed E-state index contributed by atoms with van der Waals surface area (Å²) in [5.41, 5.74) is 1.48. The Balaban J connectivity index is 1.55. The van der Waals surface area contributed by atoms with Gasteiger partial charge < -0.3 is 18.8 Å². The highest BCUT2D eigenvalue weighted by atomic mass is 32.2. The molecule has 2 aromatic heterocycles. The fourth-order valence-electron chi connectivity index (χ4n) is 2.51. The van der Waals surface area contributed by atoms with Gasteiger partial charge in [-0.05, 0) is 32.0 Å². The molecule has 0 radical (unpaired) electrons. The van der Waals surface area contributed by atoms with E-state index in [9.17, 15) is 9.90 Å². The molecule has 142 valence electrons. The molecule has 3 aromatic rings.